The van der Waals surface area contributed by atoms with Crippen molar-refractivity contribution in [1.29, 1.82) is 0 Å². The Kier molecular flexibility index (Phi) is 4.67. The van der Waals surface area contributed by atoms with Gasteiger partial charge in [-0.1, -0.05) is 41.7 Å². The minimum absolute atomic E-state index is 0.00383. The molecule has 1 aliphatic rings. The summed E-state index contributed by atoms with van der Waals surface area (Å²) in [5.41, 5.74) is 1.60. The molecule has 2 heterocycles. The van der Waals surface area contributed by atoms with Crippen LogP contribution in [0.5, 0.6) is 0 Å². The van der Waals surface area contributed by atoms with Crippen molar-refractivity contribution >= 4 is 38.5 Å². The van der Waals surface area contributed by atoms with E-state index in [1.54, 1.807) is 0 Å². The lowest BCUT2D eigenvalue weighted by Gasteiger charge is -2.31. The van der Waals surface area contributed by atoms with Crippen LogP contribution in [0, 0.1) is 5.92 Å². The zero-order valence-electron chi connectivity index (χ0n) is 14.2. The summed E-state index contributed by atoms with van der Waals surface area (Å²) in [5.74, 6) is -0.0478. The maximum absolute atomic E-state index is 12.5. The van der Waals surface area contributed by atoms with E-state index in [-0.39, 0.29) is 17.7 Å². The smallest absolute Gasteiger partial charge is 0.253 e. The minimum atomic E-state index is -0.0816. The van der Waals surface area contributed by atoms with Crippen molar-refractivity contribution in [2.45, 2.75) is 12.8 Å². The fourth-order valence-corrected chi connectivity index (χ4v) is 4.11. The van der Waals surface area contributed by atoms with Gasteiger partial charge in [0, 0.05) is 24.6 Å². The zero-order valence-corrected chi connectivity index (χ0v) is 15.0. The lowest BCUT2D eigenvalue weighted by atomic mass is 9.95. The lowest BCUT2D eigenvalue weighted by molar-refractivity contribution is -0.121. The maximum atomic E-state index is 12.5. The Morgan fingerprint density at radius 3 is 2.42 bits per heavy atom. The van der Waals surface area contributed by atoms with Gasteiger partial charge in [-0.15, -0.1) is 0 Å². The zero-order chi connectivity index (χ0) is 17.9. The Bertz CT molecular complexity index is 897. The summed E-state index contributed by atoms with van der Waals surface area (Å²) < 4.78 is 1.06. The fraction of sp³-hybridized carbons (Fsp3) is 0.250. The van der Waals surface area contributed by atoms with E-state index in [4.69, 9.17) is 0 Å². The maximum Gasteiger partial charge on any atom is 0.253 e. The van der Waals surface area contributed by atoms with E-state index < -0.39 is 0 Å². The van der Waals surface area contributed by atoms with Crippen LogP contribution < -0.4 is 5.32 Å². The van der Waals surface area contributed by atoms with Crippen molar-refractivity contribution in [3.8, 4) is 0 Å². The summed E-state index contributed by atoms with van der Waals surface area (Å²) in [6, 6.07) is 17.1. The number of rotatable bonds is 3. The van der Waals surface area contributed by atoms with Crippen molar-refractivity contribution < 1.29 is 9.59 Å². The molecule has 1 aromatic heterocycles. The number of para-hydroxylation sites is 1. The summed E-state index contributed by atoms with van der Waals surface area (Å²) in [7, 11) is 0. The van der Waals surface area contributed by atoms with Gasteiger partial charge in [0.1, 0.15) is 0 Å². The topological polar surface area (TPSA) is 62.3 Å². The number of benzene rings is 2. The van der Waals surface area contributed by atoms with Crippen LogP contribution in [0.15, 0.2) is 54.6 Å². The van der Waals surface area contributed by atoms with Crippen LogP contribution in [0.25, 0.3) is 10.2 Å². The van der Waals surface area contributed by atoms with Crippen molar-refractivity contribution in [2.75, 3.05) is 18.4 Å². The van der Waals surface area contributed by atoms with E-state index in [1.165, 1.54) is 11.3 Å². The third kappa shape index (κ3) is 3.46. The van der Waals surface area contributed by atoms with Crippen molar-refractivity contribution in [2.24, 2.45) is 5.92 Å². The molecule has 6 heteroatoms. The molecule has 1 saturated heterocycles. The first-order valence-electron chi connectivity index (χ1n) is 8.71. The van der Waals surface area contributed by atoms with Crippen molar-refractivity contribution in [1.82, 2.24) is 9.88 Å². The summed E-state index contributed by atoms with van der Waals surface area (Å²) >= 11 is 1.48. The number of likely N-dealkylation sites (tertiary alicyclic amines) is 1. The van der Waals surface area contributed by atoms with Gasteiger partial charge in [-0.3, -0.25) is 9.59 Å². The van der Waals surface area contributed by atoms with Crippen LogP contribution in [0.3, 0.4) is 0 Å². The van der Waals surface area contributed by atoms with E-state index in [0.29, 0.717) is 36.6 Å². The predicted molar refractivity (Wildman–Crippen MR) is 103 cm³/mol. The minimum Gasteiger partial charge on any atom is -0.339 e. The number of nitrogens with one attached hydrogen (secondary N) is 1. The second-order valence-corrected chi connectivity index (χ2v) is 7.44. The predicted octanol–water partition coefficient (Wildman–Crippen LogP) is 3.79. The Morgan fingerprint density at radius 2 is 1.69 bits per heavy atom. The Morgan fingerprint density at radius 1 is 1.00 bits per heavy atom. The third-order valence-electron chi connectivity index (χ3n) is 4.70. The molecule has 0 spiro atoms. The molecule has 0 bridgehead atoms. The standard InChI is InChI=1S/C20H19N3O2S/c24-18(22-20-21-16-8-4-5-9-17(16)26-20)14-10-12-23(13-11-14)19(25)15-6-2-1-3-7-15/h1-9,14H,10-13H2,(H,21,22,24). The molecule has 0 saturated carbocycles. The number of hydrogen-bond acceptors (Lipinski definition) is 4. The van der Waals surface area contributed by atoms with Gasteiger partial charge in [0.2, 0.25) is 5.91 Å². The number of hydrogen-bond donors (Lipinski definition) is 1. The van der Waals surface area contributed by atoms with E-state index >= 15 is 0 Å². The average Bonchev–Trinajstić information content (AvgIpc) is 3.10. The van der Waals surface area contributed by atoms with Crippen LogP contribution >= 0.6 is 11.3 Å². The Labute approximate surface area is 155 Å². The highest BCUT2D eigenvalue weighted by molar-refractivity contribution is 7.22. The van der Waals surface area contributed by atoms with Crippen LogP contribution in [0.1, 0.15) is 23.2 Å². The molecular weight excluding hydrogens is 346 g/mol. The summed E-state index contributed by atoms with van der Waals surface area (Å²) in [6.07, 6.45) is 1.35. The van der Waals surface area contributed by atoms with E-state index in [1.807, 2.05) is 59.5 Å². The quantitative estimate of drug-likeness (QED) is 0.768. The number of piperidine rings is 1. The van der Waals surface area contributed by atoms with E-state index in [9.17, 15) is 9.59 Å². The molecule has 5 nitrogen and oxygen atoms in total. The number of carbonyl (C=O) groups is 2. The first kappa shape index (κ1) is 16.7. The number of amides is 2. The molecule has 1 aliphatic heterocycles. The molecule has 0 radical (unpaired) electrons. The molecule has 26 heavy (non-hydrogen) atoms. The van der Waals surface area contributed by atoms with Crippen LogP contribution in [0.4, 0.5) is 5.13 Å². The van der Waals surface area contributed by atoms with Gasteiger partial charge < -0.3 is 10.2 Å². The largest absolute Gasteiger partial charge is 0.339 e. The molecule has 0 unspecified atom stereocenters. The third-order valence-corrected chi connectivity index (χ3v) is 5.65. The van der Waals surface area contributed by atoms with Gasteiger partial charge in [0.05, 0.1) is 10.2 Å². The molecule has 2 aromatic carbocycles. The van der Waals surface area contributed by atoms with E-state index in [0.717, 1.165) is 10.2 Å². The molecule has 0 aliphatic carbocycles. The number of anilines is 1. The number of nitrogens with zero attached hydrogens (tertiary/aromatic N) is 2. The molecular formula is C20H19N3O2S. The number of fused-ring (bicyclic) bond motifs is 1. The van der Waals surface area contributed by atoms with E-state index in [2.05, 4.69) is 10.3 Å². The summed E-state index contributed by atoms with van der Waals surface area (Å²) in [4.78, 5) is 31.3. The lowest BCUT2D eigenvalue weighted by Crippen LogP contribution is -2.41. The Hall–Kier alpha value is -2.73. The molecule has 2 amide bonds. The average molecular weight is 365 g/mol. The monoisotopic (exact) mass is 365 g/mol. The molecule has 1 N–H and O–H groups in total. The van der Waals surface area contributed by atoms with Gasteiger partial charge in [-0.2, -0.15) is 0 Å². The molecule has 4 rings (SSSR count). The summed E-state index contributed by atoms with van der Waals surface area (Å²) in [6.45, 7) is 1.21. The van der Waals surface area contributed by atoms with Gasteiger partial charge in [0.25, 0.3) is 5.91 Å². The first-order chi connectivity index (χ1) is 12.7. The van der Waals surface area contributed by atoms with Gasteiger partial charge in [0.15, 0.2) is 5.13 Å². The van der Waals surface area contributed by atoms with Gasteiger partial charge >= 0.3 is 0 Å². The van der Waals surface area contributed by atoms with Crippen molar-refractivity contribution in [3.05, 3.63) is 60.2 Å². The highest BCUT2D eigenvalue weighted by Gasteiger charge is 2.28. The Balaban J connectivity index is 1.35. The van der Waals surface area contributed by atoms with Gasteiger partial charge in [-0.25, -0.2) is 4.98 Å². The molecule has 3 aromatic rings. The second-order valence-electron chi connectivity index (χ2n) is 6.41. The molecule has 132 valence electrons. The van der Waals surface area contributed by atoms with Crippen LogP contribution in [-0.2, 0) is 4.79 Å². The first-order valence-corrected chi connectivity index (χ1v) is 9.53. The molecule has 0 atom stereocenters. The summed E-state index contributed by atoms with van der Waals surface area (Å²) in [5, 5.41) is 3.58. The van der Waals surface area contributed by atoms with Crippen LogP contribution in [0.2, 0.25) is 0 Å². The number of carbonyl (C=O) groups excluding carboxylic acids is 2. The number of thiazole rings is 1. The highest BCUT2D eigenvalue weighted by Crippen LogP contribution is 2.27. The van der Waals surface area contributed by atoms with Gasteiger partial charge in [-0.05, 0) is 37.1 Å². The fourth-order valence-electron chi connectivity index (χ4n) is 3.24. The normalized spacial score (nSPS) is 15.2. The molecule has 1 fully saturated rings. The number of aromatic nitrogens is 1. The second kappa shape index (κ2) is 7.25. The SMILES string of the molecule is O=C(Nc1nc2ccccc2s1)C1CCN(C(=O)c2ccccc2)CC1. The van der Waals surface area contributed by atoms with Crippen LogP contribution in [-0.4, -0.2) is 34.8 Å². The van der Waals surface area contributed by atoms with Crippen molar-refractivity contribution in [3.63, 3.8) is 0 Å². The highest BCUT2D eigenvalue weighted by atomic mass is 32.1.